The Labute approximate surface area is 165 Å². The summed E-state index contributed by atoms with van der Waals surface area (Å²) in [5.41, 5.74) is 0.0629. The minimum atomic E-state index is -4.44. The summed E-state index contributed by atoms with van der Waals surface area (Å²) in [6.45, 7) is 0.329. The van der Waals surface area contributed by atoms with E-state index in [-0.39, 0.29) is 6.47 Å². The van der Waals surface area contributed by atoms with Gasteiger partial charge in [0.05, 0.1) is 6.33 Å². The van der Waals surface area contributed by atoms with Gasteiger partial charge in [-0.15, -0.1) is 0 Å². The molecule has 0 bridgehead atoms. The van der Waals surface area contributed by atoms with Crippen molar-refractivity contribution in [1.82, 2.24) is 24.8 Å². The van der Waals surface area contributed by atoms with E-state index in [0.29, 0.717) is 32.5 Å². The molecular weight excluding hydrogens is 391 g/mol. The zero-order valence-corrected chi connectivity index (χ0v) is 15.5. The lowest BCUT2D eigenvalue weighted by Gasteiger charge is -2.41. The summed E-state index contributed by atoms with van der Waals surface area (Å²) < 4.78 is 39.2. The molecule has 1 amide bonds. The molecule has 0 radical (unpaired) electrons. The fourth-order valence-electron chi connectivity index (χ4n) is 3.29. The summed E-state index contributed by atoms with van der Waals surface area (Å²) in [6, 6.07) is 3.85. The Morgan fingerprint density at radius 2 is 1.83 bits per heavy atom. The number of aromatic nitrogens is 3. The third-order valence-corrected chi connectivity index (χ3v) is 4.71. The van der Waals surface area contributed by atoms with E-state index in [1.54, 1.807) is 23.2 Å². The molecule has 3 heterocycles. The summed E-state index contributed by atoms with van der Waals surface area (Å²) in [4.78, 5) is 31.1. The van der Waals surface area contributed by atoms with Crippen molar-refractivity contribution in [2.24, 2.45) is 0 Å². The predicted molar refractivity (Wildman–Crippen MR) is 96.7 cm³/mol. The first kappa shape index (κ1) is 22.3. The first-order chi connectivity index (χ1) is 13.8. The van der Waals surface area contributed by atoms with Crippen molar-refractivity contribution in [3.63, 3.8) is 0 Å². The van der Waals surface area contributed by atoms with Crippen LogP contribution in [0.25, 0.3) is 0 Å². The van der Waals surface area contributed by atoms with E-state index >= 15 is 0 Å². The maximum atomic E-state index is 12.6. The number of piperidine rings is 1. The fraction of sp³-hybridized carbons (Fsp3) is 0.444. The average molecular weight is 413 g/mol. The largest absolute Gasteiger partial charge is 0.483 e. The molecular formula is C18H22F3N5O3. The Bertz CT molecular complexity index is 761. The van der Waals surface area contributed by atoms with Crippen molar-refractivity contribution in [3.05, 3.63) is 48.8 Å². The molecule has 3 rings (SSSR count). The molecule has 158 valence electrons. The number of alkyl halides is 3. The van der Waals surface area contributed by atoms with Crippen molar-refractivity contribution in [3.8, 4) is 0 Å². The smallest absolute Gasteiger partial charge is 0.405 e. The quantitative estimate of drug-likeness (QED) is 0.723. The number of likely N-dealkylation sites (tertiary alicyclic amines) is 1. The number of hydrogen-bond acceptors (Lipinski definition) is 5. The van der Waals surface area contributed by atoms with Crippen LogP contribution in [0.1, 0.15) is 18.4 Å². The van der Waals surface area contributed by atoms with Gasteiger partial charge < -0.3 is 15.0 Å². The van der Waals surface area contributed by atoms with Crippen LogP contribution in [0.4, 0.5) is 13.2 Å². The molecule has 2 aromatic rings. The first-order valence-electron chi connectivity index (χ1n) is 8.83. The Balaban J connectivity index is 0.000000941. The second kappa shape index (κ2) is 10.0. The Morgan fingerprint density at radius 3 is 2.34 bits per heavy atom. The SMILES string of the molecule is O=C(NCC(F)(F)F)C1(n2ccnc2)CCN(Cc2ccncc2)CC1.O=CO. The number of hydrogen-bond donors (Lipinski definition) is 2. The monoisotopic (exact) mass is 413 g/mol. The topological polar surface area (TPSA) is 100 Å². The van der Waals surface area contributed by atoms with Gasteiger partial charge in [0, 0.05) is 44.4 Å². The van der Waals surface area contributed by atoms with Crippen LogP contribution in [0.3, 0.4) is 0 Å². The minimum absolute atomic E-state index is 0.250. The van der Waals surface area contributed by atoms with E-state index in [0.717, 1.165) is 5.56 Å². The van der Waals surface area contributed by atoms with Crippen molar-refractivity contribution < 1.29 is 27.9 Å². The van der Waals surface area contributed by atoms with Crippen LogP contribution >= 0.6 is 0 Å². The number of carbonyl (C=O) groups is 2. The van der Waals surface area contributed by atoms with Crippen LogP contribution in [0, 0.1) is 0 Å². The van der Waals surface area contributed by atoms with E-state index in [4.69, 9.17) is 9.90 Å². The number of nitrogens with zero attached hydrogens (tertiary/aromatic N) is 4. The van der Waals surface area contributed by atoms with Gasteiger partial charge in [0.2, 0.25) is 5.91 Å². The van der Waals surface area contributed by atoms with Gasteiger partial charge in [0.25, 0.3) is 6.47 Å². The van der Waals surface area contributed by atoms with E-state index in [2.05, 4.69) is 14.9 Å². The van der Waals surface area contributed by atoms with Crippen molar-refractivity contribution in [2.75, 3.05) is 19.6 Å². The molecule has 0 unspecified atom stereocenters. The van der Waals surface area contributed by atoms with Crippen LogP contribution < -0.4 is 5.32 Å². The van der Waals surface area contributed by atoms with Gasteiger partial charge in [0.15, 0.2) is 0 Å². The van der Waals surface area contributed by atoms with Gasteiger partial charge in [-0.1, -0.05) is 0 Å². The molecule has 8 nitrogen and oxygen atoms in total. The van der Waals surface area contributed by atoms with Crippen molar-refractivity contribution >= 4 is 12.4 Å². The molecule has 1 aliphatic rings. The highest BCUT2D eigenvalue weighted by Crippen LogP contribution is 2.31. The highest BCUT2D eigenvalue weighted by molar-refractivity contribution is 5.84. The summed E-state index contributed by atoms with van der Waals surface area (Å²) in [5.74, 6) is -0.614. The molecule has 0 spiro atoms. The zero-order chi connectivity index (χ0) is 21.3. The molecule has 1 fully saturated rings. The highest BCUT2D eigenvalue weighted by atomic mass is 19.4. The molecule has 29 heavy (non-hydrogen) atoms. The number of rotatable bonds is 5. The number of halogens is 3. The van der Waals surface area contributed by atoms with E-state index in [9.17, 15) is 18.0 Å². The van der Waals surface area contributed by atoms with Gasteiger partial charge in [0.1, 0.15) is 12.1 Å². The number of nitrogens with one attached hydrogen (secondary N) is 1. The van der Waals surface area contributed by atoms with Crippen LogP contribution in [0.5, 0.6) is 0 Å². The number of carboxylic acid groups (broad SMARTS) is 1. The van der Waals surface area contributed by atoms with E-state index in [1.807, 2.05) is 17.4 Å². The Morgan fingerprint density at radius 1 is 1.21 bits per heavy atom. The lowest BCUT2D eigenvalue weighted by molar-refractivity contribution is -0.145. The third-order valence-electron chi connectivity index (χ3n) is 4.71. The number of amides is 1. The molecule has 0 aromatic carbocycles. The summed E-state index contributed by atoms with van der Waals surface area (Å²) in [6.07, 6.45) is 4.49. The van der Waals surface area contributed by atoms with E-state index < -0.39 is 24.2 Å². The van der Waals surface area contributed by atoms with Crippen LogP contribution in [0.2, 0.25) is 0 Å². The Hall–Kier alpha value is -2.95. The Kier molecular flexibility index (Phi) is 7.71. The lowest BCUT2D eigenvalue weighted by Crippen LogP contribution is -2.55. The van der Waals surface area contributed by atoms with Gasteiger partial charge >= 0.3 is 6.18 Å². The number of imidazole rings is 1. The molecule has 1 saturated heterocycles. The van der Waals surface area contributed by atoms with E-state index in [1.165, 1.54) is 12.5 Å². The average Bonchev–Trinajstić information content (AvgIpc) is 3.23. The van der Waals surface area contributed by atoms with Crippen LogP contribution in [-0.4, -0.2) is 62.7 Å². The molecule has 1 aliphatic heterocycles. The van der Waals surface area contributed by atoms with Gasteiger partial charge in [-0.2, -0.15) is 13.2 Å². The summed E-state index contributed by atoms with van der Waals surface area (Å²) >= 11 is 0. The summed E-state index contributed by atoms with van der Waals surface area (Å²) in [7, 11) is 0. The first-order valence-corrected chi connectivity index (χ1v) is 8.83. The second-order valence-electron chi connectivity index (χ2n) is 6.54. The predicted octanol–water partition coefficient (Wildman–Crippen LogP) is 1.65. The molecule has 0 aliphatic carbocycles. The highest BCUT2D eigenvalue weighted by Gasteiger charge is 2.44. The van der Waals surface area contributed by atoms with Crippen molar-refractivity contribution in [2.45, 2.75) is 31.1 Å². The molecule has 2 N–H and O–H groups in total. The number of carbonyl (C=O) groups excluding carboxylic acids is 1. The third kappa shape index (κ3) is 6.28. The molecule has 0 atom stereocenters. The zero-order valence-electron chi connectivity index (χ0n) is 15.5. The maximum Gasteiger partial charge on any atom is 0.405 e. The summed E-state index contributed by atoms with van der Waals surface area (Å²) in [5, 5.41) is 8.94. The van der Waals surface area contributed by atoms with Gasteiger partial charge in [-0.05, 0) is 30.5 Å². The van der Waals surface area contributed by atoms with Gasteiger partial charge in [-0.25, -0.2) is 4.98 Å². The van der Waals surface area contributed by atoms with Gasteiger partial charge in [-0.3, -0.25) is 19.5 Å². The lowest BCUT2D eigenvalue weighted by atomic mass is 9.85. The molecule has 0 saturated carbocycles. The molecule has 2 aromatic heterocycles. The minimum Gasteiger partial charge on any atom is -0.483 e. The molecule has 11 heteroatoms. The maximum absolute atomic E-state index is 12.6. The van der Waals surface area contributed by atoms with Crippen LogP contribution in [0.15, 0.2) is 43.2 Å². The standard InChI is InChI=1S/C17H20F3N5O.CH2O2/c18-17(19,20)12-23-15(26)16(25-10-7-22-13-25)3-8-24(9-4-16)11-14-1-5-21-6-2-14;2-1-3/h1-2,5-7,10,13H,3-4,8-9,11-12H2,(H,23,26);1H,(H,2,3). The second-order valence-corrected chi connectivity index (χ2v) is 6.54. The number of pyridine rings is 1. The fourth-order valence-corrected chi connectivity index (χ4v) is 3.29. The van der Waals surface area contributed by atoms with Crippen molar-refractivity contribution in [1.29, 1.82) is 0 Å². The van der Waals surface area contributed by atoms with Crippen LogP contribution in [-0.2, 0) is 21.7 Å². The normalized spacial score (nSPS) is 16.4.